The first kappa shape index (κ1) is 8.84. The highest BCUT2D eigenvalue weighted by molar-refractivity contribution is 8.03. The molecule has 2 atom stereocenters. The SMILES string of the molecule is CC1=CC2C=C(CC1)SCC21C=CC1. The van der Waals surface area contributed by atoms with Gasteiger partial charge in [0, 0.05) is 17.1 Å². The number of hydrogen-bond acceptors (Lipinski definition) is 1. The summed E-state index contributed by atoms with van der Waals surface area (Å²) in [7, 11) is 0. The Labute approximate surface area is 90.2 Å². The molecule has 0 radical (unpaired) electrons. The Morgan fingerprint density at radius 1 is 1.36 bits per heavy atom. The van der Waals surface area contributed by atoms with E-state index >= 15 is 0 Å². The van der Waals surface area contributed by atoms with Crippen LogP contribution in [0.3, 0.4) is 0 Å². The fraction of sp³-hybridized carbons (Fsp3) is 0.538. The first-order valence-electron chi connectivity index (χ1n) is 5.47. The van der Waals surface area contributed by atoms with Gasteiger partial charge in [-0.2, -0.15) is 0 Å². The second-order valence-corrected chi connectivity index (χ2v) is 5.90. The number of allylic oxidation sites excluding steroid dienone is 6. The van der Waals surface area contributed by atoms with Gasteiger partial charge in [-0.25, -0.2) is 0 Å². The third-order valence-corrected chi connectivity index (χ3v) is 5.13. The smallest absolute Gasteiger partial charge is 0.0108 e. The Kier molecular flexibility index (Phi) is 1.91. The molecule has 0 amide bonds. The van der Waals surface area contributed by atoms with Gasteiger partial charge in [0.05, 0.1) is 0 Å². The molecular formula is C13H16S. The number of fused-ring (bicyclic) bond motifs is 2. The highest BCUT2D eigenvalue weighted by Crippen LogP contribution is 2.52. The van der Waals surface area contributed by atoms with Gasteiger partial charge in [0.1, 0.15) is 0 Å². The predicted molar refractivity (Wildman–Crippen MR) is 63.2 cm³/mol. The lowest BCUT2D eigenvalue weighted by Gasteiger charge is -2.43. The van der Waals surface area contributed by atoms with Crippen molar-refractivity contribution < 1.29 is 0 Å². The summed E-state index contributed by atoms with van der Waals surface area (Å²) in [6.45, 7) is 2.29. The monoisotopic (exact) mass is 204 g/mol. The molecule has 0 nitrogen and oxygen atoms in total. The highest BCUT2D eigenvalue weighted by Gasteiger charge is 2.41. The van der Waals surface area contributed by atoms with Gasteiger partial charge in [-0.3, -0.25) is 0 Å². The van der Waals surface area contributed by atoms with Gasteiger partial charge in [0.15, 0.2) is 0 Å². The molecule has 1 aliphatic heterocycles. The summed E-state index contributed by atoms with van der Waals surface area (Å²) in [6, 6.07) is 0. The van der Waals surface area contributed by atoms with Crippen molar-refractivity contribution in [2.45, 2.75) is 26.2 Å². The summed E-state index contributed by atoms with van der Waals surface area (Å²) in [5.74, 6) is 2.01. The van der Waals surface area contributed by atoms with Crippen molar-refractivity contribution in [1.82, 2.24) is 0 Å². The Balaban J connectivity index is 2.00. The van der Waals surface area contributed by atoms with Crippen molar-refractivity contribution in [2.75, 3.05) is 5.75 Å². The summed E-state index contributed by atoms with van der Waals surface area (Å²) in [5, 5.41) is 0. The van der Waals surface area contributed by atoms with Crippen molar-refractivity contribution in [1.29, 1.82) is 0 Å². The molecule has 0 N–H and O–H groups in total. The zero-order valence-electron chi connectivity index (χ0n) is 8.62. The molecule has 0 aromatic heterocycles. The maximum absolute atomic E-state index is 2.52. The normalized spacial score (nSPS) is 39.9. The van der Waals surface area contributed by atoms with Gasteiger partial charge >= 0.3 is 0 Å². The Morgan fingerprint density at radius 2 is 2.21 bits per heavy atom. The summed E-state index contributed by atoms with van der Waals surface area (Å²) in [6.07, 6.45) is 13.6. The van der Waals surface area contributed by atoms with Crippen LogP contribution in [0.25, 0.3) is 0 Å². The first-order valence-corrected chi connectivity index (χ1v) is 6.46. The molecule has 2 bridgehead atoms. The van der Waals surface area contributed by atoms with Crippen LogP contribution in [0.2, 0.25) is 0 Å². The summed E-state index contributed by atoms with van der Waals surface area (Å²) >= 11 is 2.09. The standard InChI is InChI=1S/C13H16S/c1-10-3-4-12-8-11(7-10)13(9-14-12)5-2-6-13/h2,5,7-8,11H,3-4,6,9H2,1H3. The fourth-order valence-electron chi connectivity index (χ4n) is 2.59. The molecule has 0 fully saturated rings. The zero-order chi connectivity index (χ0) is 9.60. The van der Waals surface area contributed by atoms with Gasteiger partial charge < -0.3 is 0 Å². The predicted octanol–water partition coefficient (Wildman–Crippen LogP) is 3.92. The molecule has 2 aliphatic carbocycles. The molecule has 0 saturated carbocycles. The second kappa shape index (κ2) is 3.03. The Bertz CT molecular complexity index is 348. The van der Waals surface area contributed by atoms with Gasteiger partial charge in [-0.05, 0) is 31.1 Å². The largest absolute Gasteiger partial charge is 0.130 e. The molecule has 1 heterocycles. The quantitative estimate of drug-likeness (QED) is 0.539. The molecule has 0 saturated heterocycles. The topological polar surface area (TPSA) is 0 Å². The van der Waals surface area contributed by atoms with Crippen molar-refractivity contribution >= 4 is 11.8 Å². The summed E-state index contributed by atoms with van der Waals surface area (Å²) in [5.41, 5.74) is 2.09. The molecular weight excluding hydrogens is 188 g/mol. The van der Waals surface area contributed by atoms with Crippen LogP contribution in [-0.4, -0.2) is 5.75 Å². The van der Waals surface area contributed by atoms with Crippen molar-refractivity contribution in [3.63, 3.8) is 0 Å². The second-order valence-electron chi connectivity index (χ2n) is 4.80. The molecule has 2 unspecified atom stereocenters. The molecule has 1 spiro atoms. The number of rotatable bonds is 0. The molecule has 3 aliphatic rings. The molecule has 0 aromatic carbocycles. The summed E-state index contributed by atoms with van der Waals surface area (Å²) in [4.78, 5) is 1.63. The van der Waals surface area contributed by atoms with E-state index in [0.29, 0.717) is 11.3 Å². The van der Waals surface area contributed by atoms with Gasteiger partial charge in [-0.15, -0.1) is 11.8 Å². The molecule has 1 heteroatoms. The molecule has 0 aromatic rings. The van der Waals surface area contributed by atoms with Crippen LogP contribution < -0.4 is 0 Å². The average Bonchev–Trinajstić information content (AvgIpc) is 2.25. The van der Waals surface area contributed by atoms with Gasteiger partial charge in [0.2, 0.25) is 0 Å². The van der Waals surface area contributed by atoms with E-state index in [1.807, 2.05) is 0 Å². The number of thioether (sulfide) groups is 1. The van der Waals surface area contributed by atoms with Crippen molar-refractivity contribution in [3.05, 3.63) is 34.8 Å². The Morgan fingerprint density at radius 3 is 2.93 bits per heavy atom. The summed E-state index contributed by atoms with van der Waals surface area (Å²) < 4.78 is 0. The van der Waals surface area contributed by atoms with Crippen LogP contribution in [-0.2, 0) is 0 Å². The lowest BCUT2D eigenvalue weighted by atomic mass is 9.67. The van der Waals surface area contributed by atoms with Gasteiger partial charge in [-0.1, -0.05) is 29.9 Å². The van der Waals surface area contributed by atoms with E-state index in [0.717, 1.165) is 0 Å². The van der Waals surface area contributed by atoms with Gasteiger partial charge in [0.25, 0.3) is 0 Å². The van der Waals surface area contributed by atoms with Crippen molar-refractivity contribution in [3.8, 4) is 0 Å². The minimum absolute atomic E-state index is 0.500. The van der Waals surface area contributed by atoms with E-state index in [1.165, 1.54) is 25.0 Å². The van der Waals surface area contributed by atoms with Crippen LogP contribution in [0.1, 0.15) is 26.2 Å². The fourth-order valence-corrected chi connectivity index (χ4v) is 3.94. The van der Waals surface area contributed by atoms with E-state index in [4.69, 9.17) is 0 Å². The van der Waals surface area contributed by atoms with Crippen LogP contribution in [0.5, 0.6) is 0 Å². The lowest BCUT2D eigenvalue weighted by Crippen LogP contribution is -2.35. The van der Waals surface area contributed by atoms with E-state index in [-0.39, 0.29) is 0 Å². The van der Waals surface area contributed by atoms with Crippen LogP contribution >= 0.6 is 11.8 Å². The maximum atomic E-state index is 2.52. The minimum atomic E-state index is 0.500. The van der Waals surface area contributed by atoms with E-state index in [9.17, 15) is 0 Å². The van der Waals surface area contributed by atoms with Crippen LogP contribution in [0.15, 0.2) is 34.8 Å². The van der Waals surface area contributed by atoms with E-state index in [2.05, 4.69) is 43.0 Å². The third kappa shape index (κ3) is 1.22. The highest BCUT2D eigenvalue weighted by atomic mass is 32.2. The van der Waals surface area contributed by atoms with Crippen LogP contribution in [0, 0.1) is 11.3 Å². The number of hydrogen-bond donors (Lipinski definition) is 0. The molecule has 74 valence electrons. The maximum Gasteiger partial charge on any atom is 0.0108 e. The first-order chi connectivity index (χ1) is 6.78. The lowest BCUT2D eigenvalue weighted by molar-refractivity contribution is 0.333. The minimum Gasteiger partial charge on any atom is -0.130 e. The third-order valence-electron chi connectivity index (χ3n) is 3.73. The van der Waals surface area contributed by atoms with E-state index in [1.54, 1.807) is 10.5 Å². The molecule has 14 heavy (non-hydrogen) atoms. The van der Waals surface area contributed by atoms with Crippen molar-refractivity contribution in [2.24, 2.45) is 11.3 Å². The Hall–Kier alpha value is -0.430. The molecule has 3 rings (SSSR count). The van der Waals surface area contributed by atoms with E-state index < -0.39 is 0 Å². The zero-order valence-corrected chi connectivity index (χ0v) is 9.44. The van der Waals surface area contributed by atoms with Crippen LogP contribution in [0.4, 0.5) is 0 Å². The average molecular weight is 204 g/mol.